The van der Waals surface area contributed by atoms with Gasteiger partial charge in [0.1, 0.15) is 12.0 Å². The zero-order chi connectivity index (χ0) is 22.5. The van der Waals surface area contributed by atoms with Crippen LogP contribution in [0.5, 0.6) is 5.75 Å². The second kappa shape index (κ2) is 7.95. The Bertz CT molecular complexity index is 1410. The van der Waals surface area contributed by atoms with Crippen LogP contribution in [-0.2, 0) is 24.1 Å². The van der Waals surface area contributed by atoms with Crippen molar-refractivity contribution in [2.24, 2.45) is 0 Å². The summed E-state index contributed by atoms with van der Waals surface area (Å²) in [6.45, 7) is 4.89. The van der Waals surface area contributed by atoms with Gasteiger partial charge in [0.25, 0.3) is 0 Å². The molecule has 3 heterocycles. The van der Waals surface area contributed by atoms with Gasteiger partial charge in [0.2, 0.25) is 0 Å². The molecule has 2 aromatic carbocycles. The molecule has 1 atom stereocenters. The lowest BCUT2D eigenvalue weighted by molar-refractivity contribution is -0.109. The number of nitrogens with zero attached hydrogens (tertiary/aromatic N) is 2. The first-order valence-corrected chi connectivity index (χ1v) is 12.1. The molecule has 0 amide bonds. The molecule has 0 bridgehead atoms. The van der Waals surface area contributed by atoms with Crippen LogP contribution in [0.2, 0.25) is 0 Å². The molecule has 0 fully saturated rings. The Morgan fingerprint density at radius 1 is 1.09 bits per heavy atom. The van der Waals surface area contributed by atoms with E-state index in [9.17, 15) is 4.79 Å². The number of aromatic nitrogens is 2. The Hall–Kier alpha value is -3.27. The summed E-state index contributed by atoms with van der Waals surface area (Å²) in [5.41, 5.74) is 10.3. The second-order valence-corrected chi connectivity index (χ2v) is 9.41. The molecule has 33 heavy (non-hydrogen) atoms. The lowest BCUT2D eigenvalue weighted by Crippen LogP contribution is -2.11. The third kappa shape index (κ3) is 3.15. The lowest BCUT2D eigenvalue weighted by Gasteiger charge is -2.23. The van der Waals surface area contributed by atoms with E-state index in [-0.39, 0.29) is 5.92 Å². The Kier molecular flexibility index (Phi) is 4.90. The highest BCUT2D eigenvalue weighted by Gasteiger charge is 2.26. The van der Waals surface area contributed by atoms with E-state index in [1.165, 1.54) is 23.1 Å². The zero-order valence-electron chi connectivity index (χ0n) is 19.3. The molecule has 1 aliphatic heterocycles. The van der Waals surface area contributed by atoms with Crippen molar-refractivity contribution in [3.63, 3.8) is 0 Å². The number of hydrogen-bond donors (Lipinski definition) is 0. The summed E-state index contributed by atoms with van der Waals surface area (Å²) in [6.07, 6.45) is 9.09. The fourth-order valence-electron chi connectivity index (χ4n) is 5.91. The number of fused-ring (bicyclic) bond motifs is 2. The monoisotopic (exact) mass is 436 g/mol. The molecule has 6 rings (SSSR count). The average Bonchev–Trinajstić information content (AvgIpc) is 3.29. The van der Waals surface area contributed by atoms with E-state index in [4.69, 9.17) is 14.7 Å². The summed E-state index contributed by atoms with van der Waals surface area (Å²) in [5, 5.41) is 2.24. The van der Waals surface area contributed by atoms with Gasteiger partial charge in [-0.05, 0) is 90.8 Å². The van der Waals surface area contributed by atoms with Gasteiger partial charge in [0.05, 0.1) is 17.6 Å². The van der Waals surface area contributed by atoms with Crippen molar-refractivity contribution < 1.29 is 9.53 Å². The van der Waals surface area contributed by atoms with Gasteiger partial charge in [-0.3, -0.25) is 9.97 Å². The van der Waals surface area contributed by atoms with Crippen molar-refractivity contribution in [1.82, 2.24) is 9.97 Å². The SMILES string of the molecule is CCCC(C=O)c1c(C)nc2cc3c(cc2c1-c1ccc2c4c(ccnc14)CCO2)CCC3. The molecule has 1 unspecified atom stereocenters. The number of aryl methyl sites for hydroxylation is 3. The maximum atomic E-state index is 12.3. The number of carbonyl (C=O) groups excluding carboxylic acids is 1. The van der Waals surface area contributed by atoms with Crippen LogP contribution in [0.25, 0.3) is 32.9 Å². The third-order valence-corrected chi connectivity index (χ3v) is 7.40. The van der Waals surface area contributed by atoms with Crippen LogP contribution in [0.15, 0.2) is 36.5 Å². The van der Waals surface area contributed by atoms with Crippen LogP contribution in [0.3, 0.4) is 0 Å². The number of pyridine rings is 2. The van der Waals surface area contributed by atoms with Gasteiger partial charge in [-0.25, -0.2) is 0 Å². The predicted molar refractivity (Wildman–Crippen MR) is 132 cm³/mol. The van der Waals surface area contributed by atoms with Gasteiger partial charge < -0.3 is 9.53 Å². The maximum absolute atomic E-state index is 12.3. The third-order valence-electron chi connectivity index (χ3n) is 7.40. The number of rotatable bonds is 5. The van der Waals surface area contributed by atoms with Gasteiger partial charge in [-0.1, -0.05) is 13.3 Å². The molecule has 4 aromatic rings. The van der Waals surface area contributed by atoms with Gasteiger partial charge in [-0.15, -0.1) is 0 Å². The molecule has 4 heteroatoms. The number of hydrogen-bond acceptors (Lipinski definition) is 4. The van der Waals surface area contributed by atoms with Crippen LogP contribution in [-0.4, -0.2) is 22.9 Å². The van der Waals surface area contributed by atoms with Crippen molar-refractivity contribution in [1.29, 1.82) is 0 Å². The topological polar surface area (TPSA) is 52.1 Å². The second-order valence-electron chi connectivity index (χ2n) is 9.41. The van der Waals surface area contributed by atoms with Crippen molar-refractivity contribution >= 4 is 28.1 Å². The zero-order valence-corrected chi connectivity index (χ0v) is 19.3. The van der Waals surface area contributed by atoms with E-state index >= 15 is 0 Å². The minimum atomic E-state index is -0.183. The molecule has 2 aliphatic rings. The Morgan fingerprint density at radius 2 is 1.94 bits per heavy atom. The molecule has 2 aromatic heterocycles. The predicted octanol–water partition coefficient (Wildman–Crippen LogP) is 6.26. The summed E-state index contributed by atoms with van der Waals surface area (Å²) < 4.78 is 5.99. The van der Waals surface area contributed by atoms with Gasteiger partial charge in [0.15, 0.2) is 0 Å². The fourth-order valence-corrected chi connectivity index (χ4v) is 5.91. The molecular weight excluding hydrogens is 408 g/mol. The number of aldehydes is 1. The molecule has 0 radical (unpaired) electrons. The molecule has 0 saturated heterocycles. The summed E-state index contributed by atoms with van der Waals surface area (Å²) >= 11 is 0. The standard InChI is InChI=1S/C29H28N2O2/c1-3-5-21(16-32)26-17(2)31-24-15-20-7-4-6-19(20)14-23(24)28(26)22-8-9-25-27-18(11-13-33-25)10-12-30-29(22)27/h8-10,12,14-16,21H,3-7,11,13H2,1-2H3. The van der Waals surface area contributed by atoms with E-state index in [0.29, 0.717) is 6.61 Å². The van der Waals surface area contributed by atoms with Crippen LogP contribution in [0.1, 0.15) is 60.1 Å². The molecule has 4 nitrogen and oxygen atoms in total. The van der Waals surface area contributed by atoms with Gasteiger partial charge >= 0.3 is 0 Å². The molecule has 0 N–H and O–H groups in total. The highest BCUT2D eigenvalue weighted by atomic mass is 16.5. The average molecular weight is 437 g/mol. The first-order valence-electron chi connectivity index (χ1n) is 12.1. The Labute approximate surface area is 194 Å². The first kappa shape index (κ1) is 20.3. The minimum Gasteiger partial charge on any atom is -0.493 e. The lowest BCUT2D eigenvalue weighted by atomic mass is 9.83. The van der Waals surface area contributed by atoms with Gasteiger partial charge in [-0.2, -0.15) is 0 Å². The molecule has 166 valence electrons. The molecule has 0 saturated carbocycles. The fraction of sp³-hybridized carbons (Fsp3) is 0.345. The van der Waals surface area contributed by atoms with Crippen LogP contribution >= 0.6 is 0 Å². The largest absolute Gasteiger partial charge is 0.493 e. The quantitative estimate of drug-likeness (QED) is 0.346. The highest BCUT2D eigenvalue weighted by molar-refractivity contribution is 6.08. The number of carbonyl (C=O) groups is 1. The summed E-state index contributed by atoms with van der Waals surface area (Å²) in [6, 6.07) is 10.9. The highest BCUT2D eigenvalue weighted by Crippen LogP contribution is 2.44. The first-order chi connectivity index (χ1) is 16.2. The van der Waals surface area contributed by atoms with Crippen molar-refractivity contribution in [3.8, 4) is 16.9 Å². The van der Waals surface area contributed by atoms with Crippen molar-refractivity contribution in [3.05, 3.63) is 64.5 Å². The van der Waals surface area contributed by atoms with E-state index in [1.54, 1.807) is 0 Å². The van der Waals surface area contributed by atoms with E-state index in [2.05, 4.69) is 44.2 Å². The van der Waals surface area contributed by atoms with E-state index < -0.39 is 0 Å². The number of ether oxygens (including phenoxy) is 1. The van der Waals surface area contributed by atoms with Crippen LogP contribution in [0, 0.1) is 6.92 Å². The maximum Gasteiger partial charge on any atom is 0.129 e. The van der Waals surface area contributed by atoms with Crippen LogP contribution in [0.4, 0.5) is 0 Å². The normalized spacial score (nSPS) is 15.5. The molecule has 1 aliphatic carbocycles. The minimum absolute atomic E-state index is 0.183. The van der Waals surface area contributed by atoms with E-state index in [1.807, 2.05) is 6.20 Å². The Morgan fingerprint density at radius 3 is 2.76 bits per heavy atom. The molecule has 0 spiro atoms. The van der Waals surface area contributed by atoms with Crippen LogP contribution < -0.4 is 4.74 Å². The van der Waals surface area contributed by atoms with Crippen molar-refractivity contribution in [2.45, 2.75) is 58.3 Å². The summed E-state index contributed by atoms with van der Waals surface area (Å²) in [4.78, 5) is 22.2. The molecular formula is C29H28N2O2. The van der Waals surface area contributed by atoms with Crippen molar-refractivity contribution in [2.75, 3.05) is 6.61 Å². The smallest absolute Gasteiger partial charge is 0.129 e. The Balaban J connectivity index is 1.75. The van der Waals surface area contributed by atoms with E-state index in [0.717, 1.165) is 88.3 Å². The summed E-state index contributed by atoms with van der Waals surface area (Å²) in [5.74, 6) is 0.721. The van der Waals surface area contributed by atoms with Gasteiger partial charge in [0, 0.05) is 40.6 Å². The summed E-state index contributed by atoms with van der Waals surface area (Å²) in [7, 11) is 0. The number of benzene rings is 2.